The summed E-state index contributed by atoms with van der Waals surface area (Å²) in [4.78, 5) is 0. The highest BCUT2D eigenvalue weighted by Crippen LogP contribution is 2.35. The van der Waals surface area contributed by atoms with Crippen LogP contribution in [-0.4, -0.2) is 0 Å². The Hall–Kier alpha value is -1.41. The molecule has 0 heterocycles. The molecule has 0 bridgehead atoms. The molecular weight excluding hydrogens is 290 g/mol. The smallest absolute Gasteiger partial charge is 0.129 e. The van der Waals surface area contributed by atoms with Crippen molar-refractivity contribution in [1.82, 2.24) is 0 Å². The van der Waals surface area contributed by atoms with E-state index < -0.39 is 17.0 Å². The molecule has 0 nitrogen and oxygen atoms in total. The van der Waals surface area contributed by atoms with Crippen LogP contribution in [0.2, 0.25) is 0 Å². The van der Waals surface area contributed by atoms with Crippen molar-refractivity contribution in [3.05, 3.63) is 70.8 Å². The lowest BCUT2D eigenvalue weighted by Gasteiger charge is -2.25. The minimum atomic E-state index is -0.547. The fourth-order valence-corrected chi connectivity index (χ4v) is 2.81. The quantitative estimate of drug-likeness (QED) is 0.630. The van der Waals surface area contributed by atoms with Crippen molar-refractivity contribution in [3.8, 4) is 0 Å². The lowest BCUT2D eigenvalue weighted by molar-refractivity contribution is 0.549. The number of halogens is 3. The van der Waals surface area contributed by atoms with Gasteiger partial charge in [0.25, 0.3) is 0 Å². The Labute approximate surface area is 129 Å². The van der Waals surface area contributed by atoms with E-state index in [2.05, 4.69) is 20.8 Å². The van der Waals surface area contributed by atoms with E-state index in [4.69, 9.17) is 11.6 Å². The van der Waals surface area contributed by atoms with Crippen molar-refractivity contribution in [2.45, 2.75) is 38.0 Å². The van der Waals surface area contributed by atoms with E-state index in [1.165, 1.54) is 18.2 Å². The first-order chi connectivity index (χ1) is 9.80. The van der Waals surface area contributed by atoms with E-state index in [1.54, 1.807) is 0 Å². The molecule has 0 saturated heterocycles. The van der Waals surface area contributed by atoms with Gasteiger partial charge in [0.2, 0.25) is 0 Å². The van der Waals surface area contributed by atoms with E-state index in [0.717, 1.165) is 11.1 Å². The number of alkyl halides is 1. The molecule has 3 heteroatoms. The summed E-state index contributed by atoms with van der Waals surface area (Å²) >= 11 is 6.46. The molecule has 0 saturated carbocycles. The molecule has 112 valence electrons. The molecule has 0 aliphatic heterocycles. The van der Waals surface area contributed by atoms with E-state index in [9.17, 15) is 8.78 Å². The lowest BCUT2D eigenvalue weighted by atomic mass is 9.82. The third kappa shape index (κ3) is 3.62. The first-order valence-electron chi connectivity index (χ1n) is 6.97. The van der Waals surface area contributed by atoms with Crippen LogP contribution in [0, 0.1) is 11.6 Å². The Morgan fingerprint density at radius 2 is 1.52 bits per heavy atom. The normalized spacial score (nSPS) is 13.2. The van der Waals surface area contributed by atoms with E-state index in [0.29, 0.717) is 0 Å². The van der Waals surface area contributed by atoms with Gasteiger partial charge in [-0.2, -0.15) is 0 Å². The highest BCUT2D eigenvalue weighted by molar-refractivity contribution is 6.21. The van der Waals surface area contributed by atoms with Crippen LogP contribution in [0.4, 0.5) is 8.78 Å². The minimum absolute atomic E-state index is 0.0428. The average molecular weight is 309 g/mol. The monoisotopic (exact) mass is 308 g/mol. The van der Waals surface area contributed by atoms with Crippen LogP contribution < -0.4 is 0 Å². The number of hydrogen-bond acceptors (Lipinski definition) is 0. The fraction of sp³-hybridized carbons (Fsp3) is 0.333. The van der Waals surface area contributed by atoms with Crippen LogP contribution in [0.15, 0.2) is 42.5 Å². The average Bonchev–Trinajstić information content (AvgIpc) is 2.42. The number of benzene rings is 2. The zero-order valence-electron chi connectivity index (χ0n) is 12.5. The van der Waals surface area contributed by atoms with Gasteiger partial charge < -0.3 is 0 Å². The molecule has 1 unspecified atom stereocenters. The van der Waals surface area contributed by atoms with Gasteiger partial charge in [0, 0.05) is 5.56 Å². The van der Waals surface area contributed by atoms with Gasteiger partial charge in [0.1, 0.15) is 11.6 Å². The Morgan fingerprint density at radius 1 is 0.952 bits per heavy atom. The molecule has 1 atom stereocenters. The van der Waals surface area contributed by atoms with Gasteiger partial charge in [0.15, 0.2) is 0 Å². The second kappa shape index (κ2) is 6.15. The first kappa shape index (κ1) is 16.0. The van der Waals surface area contributed by atoms with E-state index in [-0.39, 0.29) is 17.4 Å². The standard InChI is InChI=1S/C18H19ClF2/c1-18(2,3)14-8-5-4-7-12(14)15(19)11-13-16(20)9-6-10-17(13)21/h4-10,15H,11H2,1-3H3. The second-order valence-electron chi connectivity index (χ2n) is 6.21. The maximum absolute atomic E-state index is 13.8. The zero-order chi connectivity index (χ0) is 15.6. The van der Waals surface area contributed by atoms with Crippen LogP contribution in [0.3, 0.4) is 0 Å². The van der Waals surface area contributed by atoms with Crippen LogP contribution in [0.5, 0.6) is 0 Å². The Morgan fingerprint density at radius 3 is 2.10 bits per heavy atom. The van der Waals surface area contributed by atoms with Gasteiger partial charge in [-0.3, -0.25) is 0 Å². The predicted octanol–water partition coefficient (Wildman–Crippen LogP) is 5.78. The van der Waals surface area contributed by atoms with Crippen molar-refractivity contribution in [2.24, 2.45) is 0 Å². The SMILES string of the molecule is CC(C)(C)c1ccccc1C(Cl)Cc1c(F)cccc1F. The molecule has 0 amide bonds. The first-order valence-corrected chi connectivity index (χ1v) is 7.40. The highest BCUT2D eigenvalue weighted by Gasteiger charge is 2.23. The third-order valence-corrected chi connectivity index (χ3v) is 3.94. The summed E-state index contributed by atoms with van der Waals surface area (Å²) in [7, 11) is 0. The molecule has 0 radical (unpaired) electrons. The molecule has 2 aromatic rings. The topological polar surface area (TPSA) is 0 Å². The summed E-state index contributed by atoms with van der Waals surface area (Å²) in [5.41, 5.74) is 2.00. The molecule has 2 rings (SSSR count). The van der Waals surface area contributed by atoms with Gasteiger partial charge in [-0.1, -0.05) is 51.1 Å². The zero-order valence-corrected chi connectivity index (χ0v) is 13.2. The second-order valence-corrected chi connectivity index (χ2v) is 6.74. The molecule has 2 aromatic carbocycles. The largest absolute Gasteiger partial charge is 0.207 e. The van der Waals surface area contributed by atoms with Gasteiger partial charge in [-0.05, 0) is 35.1 Å². The van der Waals surface area contributed by atoms with Gasteiger partial charge in [-0.15, -0.1) is 11.6 Å². The molecule has 21 heavy (non-hydrogen) atoms. The summed E-state index contributed by atoms with van der Waals surface area (Å²) < 4.78 is 27.5. The van der Waals surface area contributed by atoms with E-state index >= 15 is 0 Å². The summed E-state index contributed by atoms with van der Waals surface area (Å²) in [5.74, 6) is -1.09. The van der Waals surface area contributed by atoms with Gasteiger partial charge in [-0.25, -0.2) is 8.78 Å². The van der Waals surface area contributed by atoms with Crippen molar-refractivity contribution in [3.63, 3.8) is 0 Å². The van der Waals surface area contributed by atoms with Crippen molar-refractivity contribution >= 4 is 11.6 Å². The maximum Gasteiger partial charge on any atom is 0.129 e. The Kier molecular flexibility index (Phi) is 4.67. The number of rotatable bonds is 3. The molecule has 0 aromatic heterocycles. The predicted molar refractivity (Wildman–Crippen MR) is 83.8 cm³/mol. The number of hydrogen-bond donors (Lipinski definition) is 0. The molecule has 0 aliphatic rings. The van der Waals surface area contributed by atoms with Crippen molar-refractivity contribution in [1.29, 1.82) is 0 Å². The van der Waals surface area contributed by atoms with Crippen LogP contribution in [0.1, 0.15) is 42.8 Å². The van der Waals surface area contributed by atoms with Crippen LogP contribution in [-0.2, 0) is 11.8 Å². The van der Waals surface area contributed by atoms with Crippen molar-refractivity contribution in [2.75, 3.05) is 0 Å². The van der Waals surface area contributed by atoms with E-state index in [1.807, 2.05) is 24.3 Å². The van der Waals surface area contributed by atoms with Crippen LogP contribution >= 0.6 is 11.6 Å². The third-order valence-electron chi connectivity index (χ3n) is 3.55. The summed E-state index contributed by atoms with van der Waals surface area (Å²) in [5, 5.41) is -0.466. The van der Waals surface area contributed by atoms with Gasteiger partial charge >= 0.3 is 0 Å². The highest BCUT2D eigenvalue weighted by atomic mass is 35.5. The molecular formula is C18H19ClF2. The summed E-state index contributed by atoms with van der Waals surface area (Å²) in [6.45, 7) is 6.29. The fourth-order valence-electron chi connectivity index (χ4n) is 2.47. The molecule has 0 aliphatic carbocycles. The lowest BCUT2D eigenvalue weighted by Crippen LogP contribution is -2.15. The van der Waals surface area contributed by atoms with Crippen molar-refractivity contribution < 1.29 is 8.78 Å². The summed E-state index contributed by atoms with van der Waals surface area (Å²) in [6, 6.07) is 11.7. The Balaban J connectivity index is 2.36. The maximum atomic E-state index is 13.8. The molecule has 0 spiro atoms. The van der Waals surface area contributed by atoms with Gasteiger partial charge in [0.05, 0.1) is 5.38 Å². The minimum Gasteiger partial charge on any atom is -0.207 e. The van der Waals surface area contributed by atoms with Crippen LogP contribution in [0.25, 0.3) is 0 Å². The molecule has 0 N–H and O–H groups in total. The Bertz CT molecular complexity index is 609. The summed E-state index contributed by atoms with van der Waals surface area (Å²) in [6.07, 6.45) is 0.132. The molecule has 0 fully saturated rings.